The number of thiazole rings is 1. The number of nitrogens with zero attached hydrogens (tertiary/aromatic N) is 2. The zero-order valence-corrected chi connectivity index (χ0v) is 14.5. The molecule has 1 aromatic heterocycles. The van der Waals surface area contributed by atoms with Crippen LogP contribution in [0.1, 0.15) is 53.6 Å². The second-order valence-corrected chi connectivity index (χ2v) is 8.15. The van der Waals surface area contributed by atoms with Crippen LogP contribution in [0.2, 0.25) is 0 Å². The van der Waals surface area contributed by atoms with E-state index in [0.717, 1.165) is 51.9 Å². The van der Waals surface area contributed by atoms with Crippen LogP contribution in [0.15, 0.2) is 0 Å². The third kappa shape index (κ3) is 3.38. The maximum Gasteiger partial charge on any atom is 0.317 e. The number of hydrogen-bond acceptors (Lipinski definition) is 4. The van der Waals surface area contributed by atoms with Crippen LogP contribution in [0.25, 0.3) is 0 Å². The quantitative estimate of drug-likeness (QED) is 0.872. The first kappa shape index (κ1) is 15.4. The lowest BCUT2D eigenvalue weighted by Crippen LogP contribution is -2.50. The van der Waals surface area contributed by atoms with E-state index in [9.17, 15) is 4.79 Å². The molecule has 6 heteroatoms. The summed E-state index contributed by atoms with van der Waals surface area (Å²) in [4.78, 5) is 20.9. The highest BCUT2D eigenvalue weighted by Gasteiger charge is 2.29. The molecule has 0 bridgehead atoms. The summed E-state index contributed by atoms with van der Waals surface area (Å²) >= 11 is 1.90. The standard InChI is InChI=1S/C17H26N4OS/c22-17(19-13-6-8-18-9-7-13)21-10-2-3-12(11-21)16-20-14-4-1-5-15(14)23-16/h12-13,18H,1-11H2,(H,19,22). The summed E-state index contributed by atoms with van der Waals surface area (Å²) in [5.41, 5.74) is 1.33. The number of carbonyl (C=O) groups is 1. The number of amides is 2. The monoisotopic (exact) mass is 334 g/mol. The van der Waals surface area contributed by atoms with E-state index < -0.39 is 0 Å². The van der Waals surface area contributed by atoms with E-state index in [4.69, 9.17) is 4.98 Å². The van der Waals surface area contributed by atoms with Gasteiger partial charge in [0.2, 0.25) is 0 Å². The zero-order valence-electron chi connectivity index (χ0n) is 13.6. The molecular formula is C17H26N4OS. The van der Waals surface area contributed by atoms with Gasteiger partial charge in [0.05, 0.1) is 10.7 Å². The Labute approximate surface area is 141 Å². The molecule has 0 radical (unpaired) electrons. The fraction of sp³-hybridized carbons (Fsp3) is 0.765. The molecule has 2 aliphatic heterocycles. The molecule has 2 fully saturated rings. The maximum atomic E-state index is 12.6. The first-order valence-corrected chi connectivity index (χ1v) is 9.86. The van der Waals surface area contributed by atoms with Crippen molar-refractivity contribution in [3.8, 4) is 0 Å². The van der Waals surface area contributed by atoms with Crippen molar-refractivity contribution >= 4 is 17.4 Å². The van der Waals surface area contributed by atoms with Crippen LogP contribution in [0.3, 0.4) is 0 Å². The second-order valence-electron chi connectivity index (χ2n) is 7.03. The van der Waals surface area contributed by atoms with Gasteiger partial charge in [0.1, 0.15) is 0 Å². The number of carbonyl (C=O) groups excluding carboxylic acids is 1. The molecule has 1 aromatic rings. The van der Waals surface area contributed by atoms with Gasteiger partial charge in [0, 0.05) is 29.9 Å². The molecule has 23 heavy (non-hydrogen) atoms. The van der Waals surface area contributed by atoms with E-state index in [1.54, 1.807) is 0 Å². The number of urea groups is 1. The fourth-order valence-corrected chi connectivity index (χ4v) is 5.26. The van der Waals surface area contributed by atoms with Gasteiger partial charge in [-0.25, -0.2) is 9.78 Å². The van der Waals surface area contributed by atoms with Crippen LogP contribution in [0.5, 0.6) is 0 Å². The smallest absolute Gasteiger partial charge is 0.317 e. The minimum atomic E-state index is 0.130. The molecule has 1 unspecified atom stereocenters. The predicted molar refractivity (Wildman–Crippen MR) is 92.1 cm³/mol. The summed E-state index contributed by atoms with van der Waals surface area (Å²) in [5.74, 6) is 0.443. The topological polar surface area (TPSA) is 57.3 Å². The zero-order chi connectivity index (χ0) is 15.6. The van der Waals surface area contributed by atoms with Gasteiger partial charge in [-0.15, -0.1) is 11.3 Å². The van der Waals surface area contributed by atoms with Crippen molar-refractivity contribution in [1.82, 2.24) is 20.5 Å². The van der Waals surface area contributed by atoms with Crippen molar-refractivity contribution in [1.29, 1.82) is 0 Å². The molecule has 1 atom stereocenters. The predicted octanol–water partition coefficient (Wildman–Crippen LogP) is 2.27. The lowest BCUT2D eigenvalue weighted by atomic mass is 9.99. The number of aryl methyl sites for hydroxylation is 2. The van der Waals surface area contributed by atoms with Gasteiger partial charge in [-0.2, -0.15) is 0 Å². The van der Waals surface area contributed by atoms with Crippen molar-refractivity contribution in [2.45, 2.75) is 56.9 Å². The molecule has 4 rings (SSSR count). The Morgan fingerprint density at radius 2 is 2.09 bits per heavy atom. The van der Waals surface area contributed by atoms with Crippen LogP contribution < -0.4 is 10.6 Å². The number of hydrogen-bond donors (Lipinski definition) is 2. The van der Waals surface area contributed by atoms with Gasteiger partial charge in [0.25, 0.3) is 0 Å². The number of fused-ring (bicyclic) bond motifs is 1. The van der Waals surface area contributed by atoms with Gasteiger partial charge in [-0.1, -0.05) is 0 Å². The van der Waals surface area contributed by atoms with Gasteiger partial charge in [-0.05, 0) is 58.0 Å². The number of nitrogens with one attached hydrogen (secondary N) is 2. The van der Waals surface area contributed by atoms with Crippen LogP contribution in [0, 0.1) is 0 Å². The van der Waals surface area contributed by atoms with Gasteiger partial charge >= 0.3 is 6.03 Å². The molecule has 1 aliphatic carbocycles. The van der Waals surface area contributed by atoms with Crippen molar-refractivity contribution in [2.75, 3.05) is 26.2 Å². The van der Waals surface area contributed by atoms with E-state index >= 15 is 0 Å². The lowest BCUT2D eigenvalue weighted by Gasteiger charge is -2.34. The Kier molecular flexibility index (Phi) is 4.53. The third-order valence-corrected chi connectivity index (χ3v) is 6.66. The summed E-state index contributed by atoms with van der Waals surface area (Å²) in [7, 11) is 0. The normalized spacial score (nSPS) is 25.4. The maximum absolute atomic E-state index is 12.6. The largest absolute Gasteiger partial charge is 0.335 e. The van der Waals surface area contributed by atoms with Gasteiger partial charge in [-0.3, -0.25) is 0 Å². The van der Waals surface area contributed by atoms with E-state index in [1.165, 1.54) is 34.8 Å². The van der Waals surface area contributed by atoms with Crippen molar-refractivity contribution in [2.24, 2.45) is 0 Å². The van der Waals surface area contributed by atoms with Crippen molar-refractivity contribution < 1.29 is 4.79 Å². The first-order valence-electron chi connectivity index (χ1n) is 9.04. The van der Waals surface area contributed by atoms with Crippen LogP contribution in [-0.2, 0) is 12.8 Å². The van der Waals surface area contributed by atoms with Crippen molar-refractivity contribution in [3.63, 3.8) is 0 Å². The number of aromatic nitrogens is 1. The van der Waals surface area contributed by atoms with Crippen LogP contribution in [0.4, 0.5) is 4.79 Å². The molecule has 0 saturated carbocycles. The summed E-state index contributed by atoms with van der Waals surface area (Å²) in [6.07, 6.45) is 7.98. The highest BCUT2D eigenvalue weighted by Crippen LogP contribution is 2.35. The molecule has 2 amide bonds. The summed E-state index contributed by atoms with van der Waals surface area (Å²) in [6, 6.07) is 0.471. The second kappa shape index (κ2) is 6.77. The minimum Gasteiger partial charge on any atom is -0.335 e. The average molecular weight is 334 g/mol. The molecule has 126 valence electrons. The molecule has 2 saturated heterocycles. The molecule has 0 aromatic carbocycles. The summed E-state index contributed by atoms with van der Waals surface area (Å²) < 4.78 is 0. The van der Waals surface area contributed by atoms with E-state index in [-0.39, 0.29) is 6.03 Å². The van der Waals surface area contributed by atoms with Crippen LogP contribution >= 0.6 is 11.3 Å². The first-order chi connectivity index (χ1) is 11.3. The Morgan fingerprint density at radius 1 is 1.22 bits per heavy atom. The number of piperidine rings is 2. The number of likely N-dealkylation sites (tertiary alicyclic amines) is 1. The number of rotatable bonds is 2. The molecule has 3 heterocycles. The highest BCUT2D eigenvalue weighted by atomic mass is 32.1. The summed E-state index contributed by atoms with van der Waals surface area (Å²) in [6.45, 7) is 3.75. The van der Waals surface area contributed by atoms with E-state index in [1.807, 2.05) is 16.2 Å². The Morgan fingerprint density at radius 3 is 2.91 bits per heavy atom. The average Bonchev–Trinajstić information content (AvgIpc) is 3.17. The molecule has 5 nitrogen and oxygen atoms in total. The van der Waals surface area contributed by atoms with E-state index in [0.29, 0.717) is 12.0 Å². The lowest BCUT2D eigenvalue weighted by molar-refractivity contribution is 0.173. The van der Waals surface area contributed by atoms with Gasteiger partial charge in [0.15, 0.2) is 0 Å². The Balaban J connectivity index is 1.37. The minimum absolute atomic E-state index is 0.130. The third-order valence-electron chi connectivity index (χ3n) is 5.34. The van der Waals surface area contributed by atoms with E-state index in [2.05, 4.69) is 10.6 Å². The molecule has 0 spiro atoms. The Hall–Kier alpha value is -1.14. The molecule has 2 N–H and O–H groups in total. The van der Waals surface area contributed by atoms with Gasteiger partial charge < -0.3 is 15.5 Å². The molecule has 3 aliphatic rings. The SMILES string of the molecule is O=C(NC1CCNCC1)N1CCCC(c2nc3c(s2)CCC3)C1. The van der Waals surface area contributed by atoms with Crippen LogP contribution in [-0.4, -0.2) is 48.1 Å². The Bertz CT molecular complexity index is 545. The summed E-state index contributed by atoms with van der Waals surface area (Å²) in [5, 5.41) is 7.84. The highest BCUT2D eigenvalue weighted by molar-refractivity contribution is 7.11. The fourth-order valence-electron chi connectivity index (χ4n) is 3.98. The van der Waals surface area contributed by atoms with Crippen molar-refractivity contribution in [3.05, 3.63) is 15.6 Å². The molecular weight excluding hydrogens is 308 g/mol.